The van der Waals surface area contributed by atoms with E-state index >= 15 is 0 Å². The van der Waals surface area contributed by atoms with Gasteiger partial charge in [0.05, 0.1) is 26.2 Å². The monoisotopic (exact) mass is 517 g/mol. The highest BCUT2D eigenvalue weighted by atomic mass is 32.2. The molecular weight excluding hydrogens is 490 g/mol. The number of nitrogens with zero attached hydrogens (tertiary/aromatic N) is 4. The van der Waals surface area contributed by atoms with E-state index in [9.17, 15) is 4.79 Å². The number of methoxy groups -OCH3 is 2. The van der Waals surface area contributed by atoms with Gasteiger partial charge in [0.2, 0.25) is 0 Å². The molecule has 0 atom stereocenters. The van der Waals surface area contributed by atoms with Gasteiger partial charge >= 0.3 is 0 Å². The smallest absolute Gasteiger partial charge is 0.250 e. The van der Waals surface area contributed by atoms with Crippen LogP contribution in [0.15, 0.2) is 83.1 Å². The van der Waals surface area contributed by atoms with Crippen molar-refractivity contribution in [2.24, 2.45) is 5.10 Å². The molecule has 4 aromatic rings. The standard InChI is InChI=1S/C27H27N5O4S/c1-4-32-26(20-13-14-23(34-2)24(16-20)35-3)30-31-27(32)37-18-25(33)29-28-17-19-9-8-12-22(15-19)36-21-10-6-5-7-11-21/h5-17H,4,18H2,1-3H3,(H,29,33). The number of aromatic nitrogens is 3. The Bertz CT molecular complexity index is 1370. The first-order valence-electron chi connectivity index (χ1n) is 11.5. The largest absolute Gasteiger partial charge is 0.493 e. The Labute approximate surface area is 219 Å². The first-order valence-corrected chi connectivity index (χ1v) is 12.5. The Morgan fingerprint density at radius 1 is 0.973 bits per heavy atom. The van der Waals surface area contributed by atoms with E-state index in [-0.39, 0.29) is 11.7 Å². The second-order valence-corrected chi connectivity index (χ2v) is 8.63. The van der Waals surface area contributed by atoms with Gasteiger partial charge in [-0.15, -0.1) is 10.2 Å². The van der Waals surface area contributed by atoms with Gasteiger partial charge in [-0.1, -0.05) is 42.1 Å². The van der Waals surface area contributed by atoms with Crippen molar-refractivity contribution in [3.63, 3.8) is 0 Å². The number of ether oxygens (including phenoxy) is 3. The van der Waals surface area contributed by atoms with Crippen LogP contribution in [0.2, 0.25) is 0 Å². The molecule has 0 radical (unpaired) electrons. The Morgan fingerprint density at radius 3 is 2.51 bits per heavy atom. The van der Waals surface area contributed by atoms with Crippen LogP contribution in [-0.2, 0) is 11.3 Å². The number of carbonyl (C=O) groups is 1. The molecule has 1 aromatic heterocycles. The summed E-state index contributed by atoms with van der Waals surface area (Å²) < 4.78 is 18.5. The Morgan fingerprint density at radius 2 is 1.76 bits per heavy atom. The van der Waals surface area contributed by atoms with Crippen molar-refractivity contribution in [3.8, 4) is 34.4 Å². The summed E-state index contributed by atoms with van der Waals surface area (Å²) in [6.45, 7) is 2.64. The predicted molar refractivity (Wildman–Crippen MR) is 144 cm³/mol. The summed E-state index contributed by atoms with van der Waals surface area (Å²) in [5, 5.41) is 13.3. The van der Waals surface area contributed by atoms with Crippen LogP contribution in [0.25, 0.3) is 11.4 Å². The minimum absolute atomic E-state index is 0.137. The van der Waals surface area contributed by atoms with E-state index in [4.69, 9.17) is 14.2 Å². The maximum Gasteiger partial charge on any atom is 0.250 e. The SMILES string of the molecule is CCn1c(SCC(=O)NN=Cc2cccc(Oc3ccccc3)c2)nnc1-c1ccc(OC)c(OC)c1. The molecule has 0 aliphatic heterocycles. The molecular formula is C27H27N5O4S. The van der Waals surface area contributed by atoms with Crippen LogP contribution >= 0.6 is 11.8 Å². The van der Waals surface area contributed by atoms with Crippen molar-refractivity contribution in [3.05, 3.63) is 78.4 Å². The van der Waals surface area contributed by atoms with E-state index in [1.54, 1.807) is 20.4 Å². The van der Waals surface area contributed by atoms with Gasteiger partial charge < -0.3 is 18.8 Å². The molecule has 3 aromatic carbocycles. The van der Waals surface area contributed by atoms with Crippen molar-refractivity contribution in [2.75, 3.05) is 20.0 Å². The van der Waals surface area contributed by atoms with E-state index in [2.05, 4.69) is 20.7 Å². The summed E-state index contributed by atoms with van der Waals surface area (Å²) in [6, 6.07) is 22.5. The molecule has 10 heteroatoms. The minimum atomic E-state index is -0.253. The van der Waals surface area contributed by atoms with Gasteiger partial charge in [-0.3, -0.25) is 4.79 Å². The highest BCUT2D eigenvalue weighted by Crippen LogP contribution is 2.32. The number of para-hydroxylation sites is 1. The molecule has 9 nitrogen and oxygen atoms in total. The number of carbonyl (C=O) groups excluding carboxylic acids is 1. The lowest BCUT2D eigenvalue weighted by Gasteiger charge is -2.10. The summed E-state index contributed by atoms with van der Waals surface area (Å²) in [4.78, 5) is 12.4. The zero-order valence-electron chi connectivity index (χ0n) is 20.7. The Kier molecular flexibility index (Phi) is 8.77. The predicted octanol–water partition coefficient (Wildman–Crippen LogP) is 5.02. The quantitative estimate of drug-likeness (QED) is 0.169. The maximum atomic E-state index is 12.4. The second kappa shape index (κ2) is 12.6. The van der Waals surface area contributed by atoms with Crippen LogP contribution in [0.4, 0.5) is 0 Å². The number of hydrogen-bond donors (Lipinski definition) is 1. The van der Waals surface area contributed by atoms with Crippen molar-refractivity contribution in [1.82, 2.24) is 20.2 Å². The number of thioether (sulfide) groups is 1. The van der Waals surface area contributed by atoms with Crippen LogP contribution in [0.5, 0.6) is 23.0 Å². The van der Waals surface area contributed by atoms with Crippen LogP contribution < -0.4 is 19.6 Å². The lowest BCUT2D eigenvalue weighted by atomic mass is 10.2. The molecule has 0 bridgehead atoms. The summed E-state index contributed by atoms with van der Waals surface area (Å²) in [6.07, 6.45) is 1.57. The van der Waals surface area contributed by atoms with Crippen molar-refractivity contribution < 1.29 is 19.0 Å². The maximum absolute atomic E-state index is 12.4. The average molecular weight is 518 g/mol. The fraction of sp³-hybridized carbons (Fsp3) is 0.185. The zero-order chi connectivity index (χ0) is 26.0. The Hall–Kier alpha value is -4.31. The minimum Gasteiger partial charge on any atom is -0.493 e. The molecule has 0 saturated heterocycles. The molecule has 1 heterocycles. The Balaban J connectivity index is 1.34. The van der Waals surface area contributed by atoms with Gasteiger partial charge in [-0.2, -0.15) is 5.10 Å². The van der Waals surface area contributed by atoms with Crippen molar-refractivity contribution in [2.45, 2.75) is 18.6 Å². The molecule has 1 N–H and O–H groups in total. The molecule has 190 valence electrons. The number of hydrogen-bond acceptors (Lipinski definition) is 8. The van der Waals surface area contributed by atoms with E-state index in [0.717, 1.165) is 16.9 Å². The summed E-state index contributed by atoms with van der Waals surface area (Å²) in [7, 11) is 3.18. The normalized spacial score (nSPS) is 10.9. The van der Waals surface area contributed by atoms with Gasteiger partial charge in [-0.05, 0) is 55.0 Å². The van der Waals surface area contributed by atoms with Crippen LogP contribution in [0.3, 0.4) is 0 Å². The molecule has 4 rings (SSSR count). The molecule has 0 spiro atoms. The number of amides is 1. The fourth-order valence-corrected chi connectivity index (χ4v) is 4.29. The third kappa shape index (κ3) is 6.68. The average Bonchev–Trinajstić information content (AvgIpc) is 3.35. The van der Waals surface area contributed by atoms with E-state index in [1.165, 1.54) is 11.8 Å². The van der Waals surface area contributed by atoms with Crippen molar-refractivity contribution >= 4 is 23.9 Å². The molecule has 1 amide bonds. The van der Waals surface area contributed by atoms with E-state index in [1.807, 2.05) is 84.3 Å². The second-order valence-electron chi connectivity index (χ2n) is 7.69. The van der Waals surface area contributed by atoms with Gasteiger partial charge in [0, 0.05) is 12.1 Å². The van der Waals surface area contributed by atoms with Crippen LogP contribution in [0, 0.1) is 0 Å². The highest BCUT2D eigenvalue weighted by Gasteiger charge is 2.16. The van der Waals surface area contributed by atoms with Crippen LogP contribution in [0.1, 0.15) is 12.5 Å². The third-order valence-electron chi connectivity index (χ3n) is 5.25. The lowest BCUT2D eigenvalue weighted by molar-refractivity contribution is -0.118. The number of hydrazone groups is 1. The first kappa shape index (κ1) is 25.8. The van der Waals surface area contributed by atoms with E-state index in [0.29, 0.717) is 34.8 Å². The van der Waals surface area contributed by atoms with Gasteiger partial charge in [0.15, 0.2) is 22.5 Å². The molecule has 0 aliphatic rings. The number of rotatable bonds is 11. The zero-order valence-corrected chi connectivity index (χ0v) is 21.6. The summed E-state index contributed by atoms with van der Waals surface area (Å²) in [5.41, 5.74) is 4.19. The van der Waals surface area contributed by atoms with Gasteiger partial charge in [-0.25, -0.2) is 5.43 Å². The molecule has 0 fully saturated rings. The fourth-order valence-electron chi connectivity index (χ4n) is 3.49. The molecule has 0 unspecified atom stereocenters. The van der Waals surface area contributed by atoms with Crippen molar-refractivity contribution in [1.29, 1.82) is 0 Å². The highest BCUT2D eigenvalue weighted by molar-refractivity contribution is 7.99. The molecule has 0 saturated carbocycles. The topological polar surface area (TPSA) is 99.9 Å². The van der Waals surface area contributed by atoms with E-state index < -0.39 is 0 Å². The first-order chi connectivity index (χ1) is 18.1. The number of benzene rings is 3. The number of nitrogens with one attached hydrogen (secondary N) is 1. The van der Waals surface area contributed by atoms with Gasteiger partial charge in [0.1, 0.15) is 11.5 Å². The van der Waals surface area contributed by atoms with Gasteiger partial charge in [0.25, 0.3) is 5.91 Å². The lowest BCUT2D eigenvalue weighted by Crippen LogP contribution is -2.20. The summed E-state index contributed by atoms with van der Waals surface area (Å²) in [5.74, 6) is 3.24. The molecule has 37 heavy (non-hydrogen) atoms. The summed E-state index contributed by atoms with van der Waals surface area (Å²) >= 11 is 1.29. The molecule has 0 aliphatic carbocycles. The van der Waals surface area contributed by atoms with Crippen LogP contribution in [-0.4, -0.2) is 46.9 Å². The third-order valence-corrected chi connectivity index (χ3v) is 6.21.